The van der Waals surface area contributed by atoms with Crippen molar-refractivity contribution in [2.75, 3.05) is 25.1 Å². The molecule has 0 N–H and O–H groups in total. The third-order valence-corrected chi connectivity index (χ3v) is 3.41. The maximum absolute atomic E-state index is 13.6. The van der Waals surface area contributed by atoms with E-state index in [2.05, 4.69) is 0 Å². The normalized spacial score (nSPS) is 19.6. The van der Waals surface area contributed by atoms with E-state index in [1.54, 1.807) is 6.07 Å². The molecule has 1 aromatic carbocycles. The largest absolute Gasteiger partial charge is 0.376 e. The van der Waals surface area contributed by atoms with Gasteiger partial charge in [0.15, 0.2) is 0 Å². The van der Waals surface area contributed by atoms with Crippen LogP contribution >= 0.6 is 11.6 Å². The first-order valence-electron chi connectivity index (χ1n) is 5.88. The summed E-state index contributed by atoms with van der Waals surface area (Å²) in [5.74, 6) is -0.0468. The quantitative estimate of drug-likeness (QED) is 0.769. The Morgan fingerprint density at radius 3 is 3.00 bits per heavy atom. The number of halogens is 2. The first-order valence-corrected chi connectivity index (χ1v) is 6.42. The van der Waals surface area contributed by atoms with Crippen molar-refractivity contribution < 1.29 is 9.13 Å². The van der Waals surface area contributed by atoms with Crippen LogP contribution in [0, 0.1) is 5.82 Å². The highest BCUT2D eigenvalue weighted by molar-refractivity contribution is 6.17. The van der Waals surface area contributed by atoms with Crippen LogP contribution in [0.25, 0.3) is 0 Å². The minimum Gasteiger partial charge on any atom is -0.376 e. The zero-order valence-corrected chi connectivity index (χ0v) is 10.7. The molecule has 17 heavy (non-hydrogen) atoms. The van der Waals surface area contributed by atoms with Gasteiger partial charge in [-0.25, -0.2) is 4.39 Å². The number of likely N-dealkylation sites (N-methyl/N-ethyl adjacent to an activating group) is 1. The summed E-state index contributed by atoms with van der Waals surface area (Å²) >= 11 is 5.80. The Kier molecular flexibility index (Phi) is 4.24. The highest BCUT2D eigenvalue weighted by Crippen LogP contribution is 2.25. The third-order valence-electron chi connectivity index (χ3n) is 3.14. The van der Waals surface area contributed by atoms with Gasteiger partial charge in [0.1, 0.15) is 5.82 Å². The molecule has 0 saturated carbocycles. The molecule has 1 heterocycles. The minimum atomic E-state index is -0.239. The fraction of sp³-hybridized carbons (Fsp3) is 0.538. The summed E-state index contributed by atoms with van der Waals surface area (Å²) in [6, 6.07) is 5.06. The molecule has 1 aliphatic rings. The van der Waals surface area contributed by atoms with E-state index in [0.717, 1.165) is 31.7 Å². The Balaban J connectivity index is 2.12. The van der Waals surface area contributed by atoms with Crippen molar-refractivity contribution in [1.29, 1.82) is 0 Å². The lowest BCUT2D eigenvalue weighted by molar-refractivity contribution is 0.116. The van der Waals surface area contributed by atoms with E-state index in [-0.39, 0.29) is 17.8 Å². The van der Waals surface area contributed by atoms with Gasteiger partial charge < -0.3 is 9.64 Å². The van der Waals surface area contributed by atoms with Crippen molar-refractivity contribution in [3.05, 3.63) is 29.6 Å². The van der Waals surface area contributed by atoms with Gasteiger partial charge in [-0.2, -0.15) is 0 Å². The highest BCUT2D eigenvalue weighted by Gasteiger charge is 2.19. The maximum Gasteiger partial charge on any atom is 0.129 e. The fourth-order valence-corrected chi connectivity index (χ4v) is 2.49. The number of hydrogen-bond acceptors (Lipinski definition) is 2. The molecule has 1 saturated heterocycles. The van der Waals surface area contributed by atoms with E-state index in [1.165, 1.54) is 6.07 Å². The summed E-state index contributed by atoms with van der Waals surface area (Å²) in [5.41, 5.74) is 1.42. The second kappa shape index (κ2) is 5.69. The second-order valence-corrected chi connectivity index (χ2v) is 4.65. The van der Waals surface area contributed by atoms with Crippen LogP contribution in [0.3, 0.4) is 0 Å². The molecule has 94 valence electrons. The van der Waals surface area contributed by atoms with Crippen LogP contribution in [0.1, 0.15) is 18.4 Å². The van der Waals surface area contributed by atoms with Crippen LogP contribution in [0.2, 0.25) is 0 Å². The van der Waals surface area contributed by atoms with Crippen LogP contribution in [0.4, 0.5) is 10.1 Å². The number of hydrogen-bond donors (Lipinski definition) is 0. The molecular formula is C13H17ClFNO. The second-order valence-electron chi connectivity index (χ2n) is 4.39. The van der Waals surface area contributed by atoms with E-state index < -0.39 is 0 Å². The molecule has 4 heteroatoms. The molecule has 0 aromatic heterocycles. The average Bonchev–Trinajstić information content (AvgIpc) is 2.81. The molecule has 1 atom stereocenters. The molecule has 1 aromatic rings. The van der Waals surface area contributed by atoms with E-state index >= 15 is 0 Å². The fourth-order valence-electron chi connectivity index (χ4n) is 2.23. The molecular weight excluding hydrogens is 241 g/mol. The van der Waals surface area contributed by atoms with Crippen molar-refractivity contribution in [2.45, 2.75) is 24.8 Å². The number of benzene rings is 1. The van der Waals surface area contributed by atoms with Crippen LogP contribution in [0.5, 0.6) is 0 Å². The van der Waals surface area contributed by atoms with Crippen LogP contribution < -0.4 is 4.90 Å². The lowest BCUT2D eigenvalue weighted by atomic mass is 10.1. The summed E-state index contributed by atoms with van der Waals surface area (Å²) in [6.07, 6.45) is 2.45. The number of alkyl halides is 1. The predicted molar refractivity (Wildman–Crippen MR) is 68.2 cm³/mol. The number of rotatable bonds is 4. The van der Waals surface area contributed by atoms with E-state index in [1.807, 2.05) is 18.0 Å². The van der Waals surface area contributed by atoms with Crippen LogP contribution in [-0.4, -0.2) is 26.3 Å². The van der Waals surface area contributed by atoms with E-state index in [4.69, 9.17) is 16.3 Å². The van der Waals surface area contributed by atoms with Gasteiger partial charge in [0, 0.05) is 31.5 Å². The zero-order valence-electron chi connectivity index (χ0n) is 9.96. The molecule has 2 nitrogen and oxygen atoms in total. The molecule has 1 aliphatic heterocycles. The first-order chi connectivity index (χ1) is 8.22. The van der Waals surface area contributed by atoms with Crippen LogP contribution in [0.15, 0.2) is 18.2 Å². The predicted octanol–water partition coefficient (Wildman–Crippen LogP) is 3.18. The molecule has 0 bridgehead atoms. The van der Waals surface area contributed by atoms with Crippen molar-refractivity contribution in [3.63, 3.8) is 0 Å². The van der Waals surface area contributed by atoms with E-state index in [0.29, 0.717) is 5.56 Å². The van der Waals surface area contributed by atoms with Gasteiger partial charge in [0.25, 0.3) is 0 Å². The Morgan fingerprint density at radius 1 is 1.53 bits per heavy atom. The summed E-state index contributed by atoms with van der Waals surface area (Å²) < 4.78 is 19.2. The standard InChI is InChI=1S/C13H17ClFNO/c1-16(9-10-4-3-7-17-10)13-6-2-5-12(15)11(13)8-14/h2,5-6,10H,3-4,7-9H2,1H3. The molecule has 2 rings (SSSR count). The number of nitrogens with zero attached hydrogens (tertiary/aromatic N) is 1. The van der Waals surface area contributed by atoms with Crippen molar-refractivity contribution in [1.82, 2.24) is 0 Å². The molecule has 0 radical (unpaired) electrons. The number of anilines is 1. The molecule has 0 amide bonds. The van der Waals surface area contributed by atoms with Gasteiger partial charge in [-0.3, -0.25) is 0 Å². The van der Waals surface area contributed by atoms with Gasteiger partial charge in [0.2, 0.25) is 0 Å². The lowest BCUT2D eigenvalue weighted by Crippen LogP contribution is -2.29. The summed E-state index contributed by atoms with van der Waals surface area (Å²) in [7, 11) is 1.95. The SMILES string of the molecule is CN(CC1CCCO1)c1cccc(F)c1CCl. The Bertz CT molecular complexity index is 380. The Hall–Kier alpha value is -0.800. The number of ether oxygens (including phenoxy) is 1. The Morgan fingerprint density at radius 2 is 2.35 bits per heavy atom. The zero-order chi connectivity index (χ0) is 12.3. The first kappa shape index (κ1) is 12.7. The van der Waals surface area contributed by atoms with Gasteiger partial charge >= 0.3 is 0 Å². The smallest absolute Gasteiger partial charge is 0.129 e. The van der Waals surface area contributed by atoms with Gasteiger partial charge in [-0.1, -0.05) is 6.07 Å². The summed E-state index contributed by atoms with van der Waals surface area (Å²) in [6.45, 7) is 1.62. The van der Waals surface area contributed by atoms with Crippen molar-refractivity contribution in [3.8, 4) is 0 Å². The minimum absolute atomic E-state index is 0.192. The molecule has 1 fully saturated rings. The maximum atomic E-state index is 13.6. The molecule has 0 spiro atoms. The van der Waals surface area contributed by atoms with Gasteiger partial charge in [0.05, 0.1) is 12.0 Å². The van der Waals surface area contributed by atoms with Crippen molar-refractivity contribution in [2.24, 2.45) is 0 Å². The Labute approximate surface area is 106 Å². The summed E-state index contributed by atoms with van der Waals surface area (Å²) in [4.78, 5) is 2.02. The van der Waals surface area contributed by atoms with Gasteiger partial charge in [-0.15, -0.1) is 11.6 Å². The third kappa shape index (κ3) is 2.90. The van der Waals surface area contributed by atoms with E-state index in [9.17, 15) is 4.39 Å². The molecule has 0 aliphatic carbocycles. The average molecular weight is 258 g/mol. The summed E-state index contributed by atoms with van der Waals surface area (Å²) in [5, 5.41) is 0. The lowest BCUT2D eigenvalue weighted by Gasteiger charge is -2.24. The molecule has 1 unspecified atom stereocenters. The topological polar surface area (TPSA) is 12.5 Å². The van der Waals surface area contributed by atoms with Gasteiger partial charge in [-0.05, 0) is 25.0 Å². The highest BCUT2D eigenvalue weighted by atomic mass is 35.5. The van der Waals surface area contributed by atoms with Crippen LogP contribution in [-0.2, 0) is 10.6 Å². The monoisotopic (exact) mass is 257 g/mol. The van der Waals surface area contributed by atoms with Crippen molar-refractivity contribution >= 4 is 17.3 Å².